The molecular formula is C52H69N9O5. The number of carbonyl (C=O) groups excluding carboxylic acids is 2. The van der Waals surface area contributed by atoms with E-state index in [9.17, 15) is 14.7 Å². The number of hydrogen-bond donors (Lipinski definition) is 3. The predicted molar refractivity (Wildman–Crippen MR) is 259 cm³/mol. The Morgan fingerprint density at radius 3 is 2.26 bits per heavy atom. The third kappa shape index (κ3) is 11.7. The number of para-hydroxylation sites is 1. The summed E-state index contributed by atoms with van der Waals surface area (Å²) in [7, 11) is 0. The van der Waals surface area contributed by atoms with Crippen molar-refractivity contribution < 1.29 is 24.2 Å². The molecule has 14 nitrogen and oxygen atoms in total. The number of benzene rings is 3. The second kappa shape index (κ2) is 21.8. The van der Waals surface area contributed by atoms with Gasteiger partial charge in [-0.15, -0.1) is 10.2 Å². The van der Waals surface area contributed by atoms with Gasteiger partial charge in [0.25, 0.3) is 0 Å². The molecule has 0 bridgehead atoms. The normalized spacial score (nSPS) is 20.8. The monoisotopic (exact) mass is 900 g/mol. The molecule has 4 fully saturated rings. The van der Waals surface area contributed by atoms with Gasteiger partial charge in [-0.25, -0.2) is 0 Å². The first kappa shape index (κ1) is 45.6. The average molecular weight is 900 g/mol. The Kier molecular flexibility index (Phi) is 15.0. The molecule has 4 saturated heterocycles. The first-order chi connectivity index (χ1) is 32.3. The molecule has 6 heterocycles. The molecule has 0 spiro atoms. The number of nitrogens with two attached hydrogens (primary N) is 1. The van der Waals surface area contributed by atoms with E-state index in [0.717, 1.165) is 128 Å². The van der Waals surface area contributed by atoms with Crippen LogP contribution in [0.4, 0.5) is 17.2 Å². The number of piperidine rings is 3. The number of hydrogen-bond acceptors (Lipinski definition) is 12. The Hall–Kier alpha value is -5.60. The number of carbonyl (C=O) groups is 2. The van der Waals surface area contributed by atoms with Crippen molar-refractivity contribution in [1.82, 2.24) is 30.2 Å². The van der Waals surface area contributed by atoms with Crippen LogP contribution < -0.4 is 30.3 Å². The number of piperazine rings is 1. The zero-order valence-electron chi connectivity index (χ0n) is 38.6. The summed E-state index contributed by atoms with van der Waals surface area (Å²) in [6, 6.07) is 24.7. The number of phenolic OH excluding ortho intramolecular Hbond substituents is 1. The van der Waals surface area contributed by atoms with Gasteiger partial charge in [0, 0.05) is 107 Å². The molecule has 3 aromatic carbocycles. The number of unbranched alkanes of at least 4 members (excludes halogenated alkanes) is 5. The topological polar surface area (TPSA) is 153 Å². The lowest BCUT2D eigenvalue weighted by atomic mass is 10.1. The maximum absolute atomic E-state index is 13.1. The minimum Gasteiger partial charge on any atom is -0.507 e. The van der Waals surface area contributed by atoms with Gasteiger partial charge in [-0.2, -0.15) is 0 Å². The van der Waals surface area contributed by atoms with Crippen molar-refractivity contribution in [3.63, 3.8) is 0 Å². The van der Waals surface area contributed by atoms with Crippen LogP contribution in [0.25, 0.3) is 11.3 Å². The molecule has 2 amide bonds. The Balaban J connectivity index is 0.609. The summed E-state index contributed by atoms with van der Waals surface area (Å²) in [5.41, 5.74) is 12.4. The van der Waals surface area contributed by atoms with Gasteiger partial charge in [-0.1, -0.05) is 43.9 Å². The predicted octanol–water partition coefficient (Wildman–Crippen LogP) is 7.00. The second-order valence-electron chi connectivity index (χ2n) is 19.1. The molecule has 66 heavy (non-hydrogen) atoms. The molecule has 2 unspecified atom stereocenters. The fourth-order valence-electron chi connectivity index (χ4n) is 10.5. The van der Waals surface area contributed by atoms with E-state index in [1.54, 1.807) is 24.3 Å². The minimum absolute atomic E-state index is 0.0591. The number of phenols is 1. The van der Waals surface area contributed by atoms with Gasteiger partial charge < -0.3 is 45.2 Å². The van der Waals surface area contributed by atoms with Crippen LogP contribution in [-0.4, -0.2) is 126 Å². The highest BCUT2D eigenvalue weighted by molar-refractivity contribution is 5.77. The maximum Gasteiger partial charge on any atom is 0.222 e. The van der Waals surface area contributed by atoms with Gasteiger partial charge in [-0.3, -0.25) is 14.5 Å². The molecule has 5 aliphatic rings. The second-order valence-corrected chi connectivity index (χ2v) is 19.1. The summed E-state index contributed by atoms with van der Waals surface area (Å²) in [6.07, 6.45) is 13.5. The maximum atomic E-state index is 13.1. The summed E-state index contributed by atoms with van der Waals surface area (Å²) in [4.78, 5) is 36.6. The number of likely N-dealkylation sites (tertiary alicyclic amines) is 1. The number of fused-ring (bicyclic) bond motifs is 1. The first-order valence-electron chi connectivity index (χ1n) is 24.8. The standard InChI is InChI=1S/C52H69N9O5/c53-52-49(33-47(55-56-52)46-11-6-7-12-48(46)62)66-45-10-9-25-60(37-45)41-17-15-40(16-18-41)58-28-30-59(31-29-58)51(64)13-5-3-1-2-4-8-24-57-26-22-43(23-27-57)65-44-20-14-38-35-61(36-39(38)32-44)42-19-21-50(63)54-34-42/h6-7,11-12,14-18,20,32-33,42-43,45,62H,1-5,8-10,13,19,21-31,34-37H2,(H2,53,56)(H,54,63). The van der Waals surface area contributed by atoms with Crippen molar-refractivity contribution in [3.8, 4) is 28.5 Å². The van der Waals surface area contributed by atoms with Gasteiger partial charge in [0.1, 0.15) is 29.4 Å². The van der Waals surface area contributed by atoms with E-state index in [0.29, 0.717) is 41.8 Å². The van der Waals surface area contributed by atoms with Gasteiger partial charge in [-0.05, 0) is 111 Å². The van der Waals surface area contributed by atoms with Crippen molar-refractivity contribution in [1.29, 1.82) is 0 Å². The zero-order valence-corrected chi connectivity index (χ0v) is 38.6. The molecule has 1 aromatic heterocycles. The van der Waals surface area contributed by atoms with Gasteiger partial charge in [0.05, 0.1) is 6.54 Å². The number of amides is 2. The van der Waals surface area contributed by atoms with E-state index in [1.807, 2.05) is 6.07 Å². The van der Waals surface area contributed by atoms with Crippen LogP contribution in [0.3, 0.4) is 0 Å². The highest BCUT2D eigenvalue weighted by atomic mass is 16.5. The van der Waals surface area contributed by atoms with E-state index in [-0.39, 0.29) is 29.7 Å². The number of ether oxygens (including phenoxy) is 2. The molecule has 0 radical (unpaired) electrons. The van der Waals surface area contributed by atoms with Crippen molar-refractivity contribution in [3.05, 3.63) is 83.9 Å². The molecule has 14 heteroatoms. The molecule has 5 aliphatic heterocycles. The smallest absolute Gasteiger partial charge is 0.222 e. The Bertz CT molecular complexity index is 2230. The Morgan fingerprint density at radius 1 is 0.742 bits per heavy atom. The van der Waals surface area contributed by atoms with Crippen LogP contribution >= 0.6 is 0 Å². The van der Waals surface area contributed by atoms with Crippen LogP contribution in [0.5, 0.6) is 17.2 Å². The van der Waals surface area contributed by atoms with Crippen molar-refractivity contribution in [2.45, 2.75) is 115 Å². The van der Waals surface area contributed by atoms with E-state index < -0.39 is 0 Å². The van der Waals surface area contributed by atoms with Gasteiger partial charge >= 0.3 is 0 Å². The van der Waals surface area contributed by atoms with Crippen molar-refractivity contribution in [2.75, 3.05) is 81.0 Å². The number of anilines is 3. The van der Waals surface area contributed by atoms with Crippen LogP contribution in [0, 0.1) is 0 Å². The summed E-state index contributed by atoms with van der Waals surface area (Å²) in [5.74, 6) is 2.33. The fourth-order valence-corrected chi connectivity index (χ4v) is 10.5. The lowest BCUT2D eigenvalue weighted by molar-refractivity contribution is -0.131. The Morgan fingerprint density at radius 2 is 1.48 bits per heavy atom. The lowest BCUT2D eigenvalue weighted by Gasteiger charge is -2.37. The number of aromatic hydroxyl groups is 1. The summed E-state index contributed by atoms with van der Waals surface area (Å²) < 4.78 is 12.9. The lowest BCUT2D eigenvalue weighted by Crippen LogP contribution is -2.48. The average Bonchev–Trinajstić information content (AvgIpc) is 3.78. The number of nitrogens with zero attached hydrogens (tertiary/aromatic N) is 7. The third-order valence-corrected chi connectivity index (χ3v) is 14.5. The molecule has 4 N–H and O–H groups in total. The minimum atomic E-state index is -0.0591. The molecule has 4 aromatic rings. The van der Waals surface area contributed by atoms with E-state index in [2.05, 4.69) is 82.5 Å². The number of rotatable bonds is 17. The molecule has 2 atom stereocenters. The first-order valence-corrected chi connectivity index (χ1v) is 24.8. The van der Waals surface area contributed by atoms with Crippen LogP contribution in [-0.2, 0) is 22.7 Å². The van der Waals surface area contributed by atoms with Crippen molar-refractivity contribution in [2.24, 2.45) is 0 Å². The van der Waals surface area contributed by atoms with Crippen LogP contribution in [0.1, 0.15) is 94.6 Å². The number of nitrogens with one attached hydrogen (secondary N) is 1. The van der Waals surface area contributed by atoms with E-state index >= 15 is 0 Å². The van der Waals surface area contributed by atoms with E-state index in [4.69, 9.17) is 15.2 Å². The molecule has 0 aliphatic carbocycles. The van der Waals surface area contributed by atoms with Crippen LogP contribution in [0.15, 0.2) is 72.8 Å². The highest BCUT2D eigenvalue weighted by Crippen LogP contribution is 2.34. The van der Waals surface area contributed by atoms with Crippen molar-refractivity contribution >= 4 is 29.0 Å². The highest BCUT2D eigenvalue weighted by Gasteiger charge is 2.30. The fraction of sp³-hybridized carbons (Fsp3) is 0.538. The third-order valence-electron chi connectivity index (χ3n) is 14.5. The molecular weight excluding hydrogens is 831 g/mol. The summed E-state index contributed by atoms with van der Waals surface area (Å²) in [6.45, 7) is 10.9. The number of aromatic nitrogens is 2. The Labute approximate surface area is 390 Å². The molecule has 0 saturated carbocycles. The zero-order chi connectivity index (χ0) is 45.2. The van der Waals surface area contributed by atoms with Gasteiger partial charge in [0.15, 0.2) is 11.6 Å². The van der Waals surface area contributed by atoms with Gasteiger partial charge in [0.2, 0.25) is 11.8 Å². The number of nitrogen functional groups attached to an aromatic ring is 1. The van der Waals surface area contributed by atoms with E-state index in [1.165, 1.54) is 49.0 Å². The SMILES string of the molecule is Nc1nnc(-c2ccccc2O)cc1OC1CCCN(c2ccc(N3CCN(C(=O)CCCCCCCCN4CCC(Oc5ccc6c(c5)CN(C5CCC(=O)NC5)C6)CC4)CC3)cc2)C1. The summed E-state index contributed by atoms with van der Waals surface area (Å²) in [5, 5.41) is 21.6. The quantitative estimate of drug-likeness (QED) is 0.0937. The summed E-state index contributed by atoms with van der Waals surface area (Å²) >= 11 is 0. The van der Waals surface area contributed by atoms with Crippen LogP contribution in [0.2, 0.25) is 0 Å². The molecule has 9 rings (SSSR count). The molecule has 352 valence electrons. The largest absolute Gasteiger partial charge is 0.507 e.